The number of benzene rings is 3. The Kier molecular flexibility index (Phi) is 7.77. The van der Waals surface area contributed by atoms with Gasteiger partial charge in [0, 0.05) is 17.8 Å². The van der Waals surface area contributed by atoms with Crippen LogP contribution in [0.2, 0.25) is 0 Å². The number of aromatic amines is 1. The minimum Gasteiger partial charge on any atom is -0.493 e. The van der Waals surface area contributed by atoms with Crippen LogP contribution in [0.5, 0.6) is 11.5 Å². The van der Waals surface area contributed by atoms with Crippen molar-refractivity contribution in [2.24, 2.45) is 0 Å². The van der Waals surface area contributed by atoms with Gasteiger partial charge < -0.3 is 24.7 Å². The number of nitrogens with one attached hydrogen (secondary N) is 2. The van der Waals surface area contributed by atoms with E-state index in [1.165, 1.54) is 24.3 Å². The first-order valence-corrected chi connectivity index (χ1v) is 11.9. The van der Waals surface area contributed by atoms with Crippen LogP contribution in [0.25, 0.3) is 10.9 Å². The van der Waals surface area contributed by atoms with Crippen LogP contribution in [-0.4, -0.2) is 36.7 Å². The first-order valence-electron chi connectivity index (χ1n) is 11.9. The van der Waals surface area contributed by atoms with Crippen molar-refractivity contribution in [1.82, 2.24) is 9.88 Å². The molecule has 0 saturated carbocycles. The number of nitrogens with zero attached hydrogens (tertiary/aromatic N) is 1. The van der Waals surface area contributed by atoms with E-state index in [0.717, 1.165) is 27.6 Å². The number of carbonyl (C=O) groups excluding carboxylic acids is 1. The monoisotopic (exact) mass is 503 g/mol. The fourth-order valence-corrected chi connectivity index (χ4v) is 4.18. The molecule has 1 heterocycles. The molecule has 2 N–H and O–H groups in total. The molecule has 0 saturated heterocycles. The van der Waals surface area contributed by atoms with E-state index in [-0.39, 0.29) is 12.1 Å². The maximum Gasteiger partial charge on any atom is 0.322 e. The molecule has 1 aromatic heterocycles. The predicted octanol–water partition coefficient (Wildman–Crippen LogP) is 5.58. The zero-order valence-electron chi connectivity index (χ0n) is 21.4. The standard InChI is InChI=1S/C29H30FN3O4/c1-18-5-7-21-16-22(28(34)32-27(21)19(18)2)17-33(29(35)31-24-10-8-23(30)9-11-24)14-13-20-6-12-25(36-3)26(15-20)37-4/h5-12,15-16H,13-14,17H2,1-4H3,(H,31,35)(H,32,34). The second-order valence-corrected chi connectivity index (χ2v) is 8.89. The van der Waals surface area contributed by atoms with Crippen molar-refractivity contribution in [2.75, 3.05) is 26.1 Å². The number of hydrogen-bond donors (Lipinski definition) is 2. The predicted molar refractivity (Wildman–Crippen MR) is 143 cm³/mol. The van der Waals surface area contributed by atoms with Gasteiger partial charge in [-0.15, -0.1) is 0 Å². The minimum absolute atomic E-state index is 0.0957. The third kappa shape index (κ3) is 5.91. The van der Waals surface area contributed by atoms with Crippen molar-refractivity contribution in [3.63, 3.8) is 0 Å². The molecule has 0 unspecified atom stereocenters. The zero-order valence-corrected chi connectivity index (χ0v) is 21.4. The van der Waals surface area contributed by atoms with Crippen LogP contribution in [0.4, 0.5) is 14.9 Å². The normalized spacial score (nSPS) is 10.8. The van der Waals surface area contributed by atoms with Crippen molar-refractivity contribution >= 4 is 22.6 Å². The summed E-state index contributed by atoms with van der Waals surface area (Å²) in [6.45, 7) is 4.39. The lowest BCUT2D eigenvalue weighted by atomic mass is 10.0. The van der Waals surface area contributed by atoms with E-state index in [0.29, 0.717) is 35.7 Å². The van der Waals surface area contributed by atoms with Gasteiger partial charge in [-0.3, -0.25) is 4.79 Å². The van der Waals surface area contributed by atoms with Crippen LogP contribution >= 0.6 is 0 Å². The van der Waals surface area contributed by atoms with Gasteiger partial charge in [-0.25, -0.2) is 9.18 Å². The molecule has 3 aromatic carbocycles. The highest BCUT2D eigenvalue weighted by atomic mass is 19.1. The molecule has 0 fully saturated rings. The summed E-state index contributed by atoms with van der Waals surface area (Å²) in [6.07, 6.45) is 0.515. The van der Waals surface area contributed by atoms with E-state index < -0.39 is 11.8 Å². The van der Waals surface area contributed by atoms with E-state index in [1.54, 1.807) is 19.1 Å². The molecule has 7 nitrogen and oxygen atoms in total. The number of anilines is 1. The van der Waals surface area contributed by atoms with Crippen LogP contribution in [0, 0.1) is 19.7 Å². The molecule has 0 spiro atoms. The second-order valence-electron chi connectivity index (χ2n) is 8.89. The number of urea groups is 1. The van der Waals surface area contributed by atoms with E-state index in [4.69, 9.17) is 9.47 Å². The Morgan fingerprint density at radius 2 is 1.70 bits per heavy atom. The summed E-state index contributed by atoms with van der Waals surface area (Å²) >= 11 is 0. The van der Waals surface area contributed by atoms with Crippen molar-refractivity contribution in [1.29, 1.82) is 0 Å². The molecule has 0 radical (unpaired) electrons. The number of halogens is 1. The van der Waals surface area contributed by atoms with Gasteiger partial charge in [0.15, 0.2) is 11.5 Å². The van der Waals surface area contributed by atoms with E-state index in [1.807, 2.05) is 50.2 Å². The summed E-state index contributed by atoms with van der Waals surface area (Å²) in [5.74, 6) is 0.820. The fourth-order valence-electron chi connectivity index (χ4n) is 4.18. The first-order chi connectivity index (χ1) is 17.8. The molecular formula is C29H30FN3O4. The van der Waals surface area contributed by atoms with Crippen LogP contribution < -0.4 is 20.3 Å². The number of fused-ring (bicyclic) bond motifs is 1. The molecule has 0 atom stereocenters. The van der Waals surface area contributed by atoms with Gasteiger partial charge in [-0.1, -0.05) is 18.2 Å². The van der Waals surface area contributed by atoms with E-state index >= 15 is 0 Å². The number of rotatable bonds is 8. The Balaban J connectivity index is 1.62. The molecule has 8 heteroatoms. The topological polar surface area (TPSA) is 83.7 Å². The largest absolute Gasteiger partial charge is 0.493 e. The summed E-state index contributed by atoms with van der Waals surface area (Å²) in [7, 11) is 3.14. The number of ether oxygens (including phenoxy) is 2. The van der Waals surface area contributed by atoms with Crippen molar-refractivity contribution < 1.29 is 18.7 Å². The van der Waals surface area contributed by atoms with Gasteiger partial charge in [-0.2, -0.15) is 0 Å². The highest BCUT2D eigenvalue weighted by Gasteiger charge is 2.18. The van der Waals surface area contributed by atoms with Crippen molar-refractivity contribution in [3.8, 4) is 11.5 Å². The molecule has 0 bridgehead atoms. The molecule has 4 rings (SSSR count). The lowest BCUT2D eigenvalue weighted by Gasteiger charge is -2.23. The van der Waals surface area contributed by atoms with Crippen LogP contribution in [0.1, 0.15) is 22.3 Å². The number of carbonyl (C=O) groups is 1. The summed E-state index contributed by atoms with van der Waals surface area (Å²) in [5.41, 5.74) is 4.52. The Bertz CT molecular complexity index is 1480. The number of aromatic nitrogens is 1. The molecule has 4 aromatic rings. The molecule has 0 aliphatic rings. The summed E-state index contributed by atoms with van der Waals surface area (Å²) in [5, 5.41) is 3.70. The zero-order chi connectivity index (χ0) is 26.5. The van der Waals surface area contributed by atoms with Gasteiger partial charge in [0.25, 0.3) is 5.56 Å². The van der Waals surface area contributed by atoms with Crippen LogP contribution in [-0.2, 0) is 13.0 Å². The molecular weight excluding hydrogens is 473 g/mol. The number of methoxy groups -OCH3 is 2. The van der Waals surface area contributed by atoms with Crippen molar-refractivity contribution in [2.45, 2.75) is 26.8 Å². The number of amides is 2. The average molecular weight is 504 g/mol. The molecule has 2 amide bonds. The van der Waals surface area contributed by atoms with Gasteiger partial charge in [0.05, 0.1) is 26.3 Å². The number of H-pyrrole nitrogens is 1. The average Bonchev–Trinajstić information content (AvgIpc) is 2.90. The maximum atomic E-state index is 13.3. The Hall–Kier alpha value is -4.33. The number of aryl methyl sites for hydroxylation is 2. The van der Waals surface area contributed by atoms with E-state index in [9.17, 15) is 14.0 Å². The highest BCUT2D eigenvalue weighted by molar-refractivity contribution is 5.89. The fraction of sp³-hybridized carbons (Fsp3) is 0.241. The SMILES string of the molecule is COc1ccc(CCN(Cc2cc3ccc(C)c(C)c3[nH]c2=O)C(=O)Nc2ccc(F)cc2)cc1OC. The van der Waals surface area contributed by atoms with E-state index in [2.05, 4.69) is 10.3 Å². The Morgan fingerprint density at radius 1 is 0.973 bits per heavy atom. The lowest BCUT2D eigenvalue weighted by Crippen LogP contribution is -2.37. The van der Waals surface area contributed by atoms with Gasteiger partial charge in [0.1, 0.15) is 5.82 Å². The number of hydrogen-bond acceptors (Lipinski definition) is 4. The van der Waals surface area contributed by atoms with Gasteiger partial charge in [0.2, 0.25) is 0 Å². The third-order valence-electron chi connectivity index (χ3n) is 6.49. The smallest absolute Gasteiger partial charge is 0.322 e. The molecule has 0 aliphatic heterocycles. The third-order valence-corrected chi connectivity index (χ3v) is 6.49. The second kappa shape index (κ2) is 11.2. The molecule has 0 aliphatic carbocycles. The maximum absolute atomic E-state index is 13.3. The molecule has 37 heavy (non-hydrogen) atoms. The minimum atomic E-state index is -0.397. The van der Waals surface area contributed by atoms with Crippen molar-refractivity contribution in [3.05, 3.63) is 99.1 Å². The summed E-state index contributed by atoms with van der Waals surface area (Å²) in [4.78, 5) is 30.8. The summed E-state index contributed by atoms with van der Waals surface area (Å²) in [6, 6.07) is 16.5. The van der Waals surface area contributed by atoms with Gasteiger partial charge >= 0.3 is 6.03 Å². The quantitative estimate of drug-likeness (QED) is 0.329. The highest BCUT2D eigenvalue weighted by Crippen LogP contribution is 2.28. The van der Waals surface area contributed by atoms with Crippen LogP contribution in [0.15, 0.2) is 65.5 Å². The first kappa shape index (κ1) is 25.8. The number of pyridine rings is 1. The Labute approximate surface area is 214 Å². The van der Waals surface area contributed by atoms with Gasteiger partial charge in [-0.05, 0) is 84.8 Å². The Morgan fingerprint density at radius 3 is 2.41 bits per heavy atom. The lowest BCUT2D eigenvalue weighted by molar-refractivity contribution is 0.209. The van der Waals surface area contributed by atoms with Crippen LogP contribution in [0.3, 0.4) is 0 Å². The summed E-state index contributed by atoms with van der Waals surface area (Å²) < 4.78 is 24.0. The molecule has 192 valence electrons.